The van der Waals surface area contributed by atoms with Crippen molar-refractivity contribution >= 4 is 0 Å². The zero-order chi connectivity index (χ0) is 10.1. The Morgan fingerprint density at radius 2 is 1.86 bits per heavy atom. The largest absolute Gasteiger partial charge is 0.382 e. The smallest absolute Gasteiger partial charge is 0.0700 e. The Kier molecular flexibility index (Phi) is 7.01. The van der Waals surface area contributed by atoms with E-state index in [1.165, 1.54) is 32.1 Å². The van der Waals surface area contributed by atoms with Crippen molar-refractivity contribution in [3.63, 3.8) is 0 Å². The highest BCUT2D eigenvalue weighted by molar-refractivity contribution is 4.71. The first-order valence-electron chi connectivity index (χ1n) is 5.73. The van der Waals surface area contributed by atoms with Crippen molar-refractivity contribution in [3.05, 3.63) is 0 Å². The molecule has 0 spiro atoms. The highest BCUT2D eigenvalue weighted by Crippen LogP contribution is 2.16. The van der Waals surface area contributed by atoms with Crippen LogP contribution in [0.3, 0.4) is 0 Å². The summed E-state index contributed by atoms with van der Waals surface area (Å²) in [5, 5.41) is 3.53. The van der Waals surface area contributed by atoms with Crippen LogP contribution in [-0.2, 0) is 9.47 Å². The van der Waals surface area contributed by atoms with Gasteiger partial charge in [0.25, 0.3) is 0 Å². The molecule has 0 radical (unpaired) electrons. The maximum Gasteiger partial charge on any atom is 0.0700 e. The zero-order valence-electron chi connectivity index (χ0n) is 9.26. The second-order valence-corrected chi connectivity index (χ2v) is 3.89. The molecule has 0 unspecified atom stereocenters. The van der Waals surface area contributed by atoms with E-state index in [2.05, 4.69) is 5.32 Å². The Hall–Kier alpha value is -0.120. The van der Waals surface area contributed by atoms with Crippen LogP contribution in [0.25, 0.3) is 0 Å². The van der Waals surface area contributed by atoms with Crippen molar-refractivity contribution in [1.82, 2.24) is 5.32 Å². The van der Waals surface area contributed by atoms with Gasteiger partial charge in [-0.25, -0.2) is 0 Å². The second kappa shape index (κ2) is 8.21. The summed E-state index contributed by atoms with van der Waals surface area (Å²) in [6, 6.07) is 0.745. The summed E-state index contributed by atoms with van der Waals surface area (Å²) >= 11 is 0. The van der Waals surface area contributed by atoms with E-state index in [1.54, 1.807) is 7.11 Å². The summed E-state index contributed by atoms with van der Waals surface area (Å²) in [6.45, 7) is 3.19. The van der Waals surface area contributed by atoms with Crippen molar-refractivity contribution in [2.45, 2.75) is 38.1 Å². The van der Waals surface area contributed by atoms with E-state index in [9.17, 15) is 0 Å². The van der Waals surface area contributed by atoms with Gasteiger partial charge in [0.15, 0.2) is 0 Å². The van der Waals surface area contributed by atoms with E-state index in [1.807, 2.05) is 0 Å². The third-order valence-electron chi connectivity index (χ3n) is 2.72. The van der Waals surface area contributed by atoms with Crippen LogP contribution >= 0.6 is 0 Å². The second-order valence-electron chi connectivity index (χ2n) is 3.89. The summed E-state index contributed by atoms with van der Waals surface area (Å²) in [4.78, 5) is 0. The lowest BCUT2D eigenvalue weighted by atomic mass is 9.96. The highest BCUT2D eigenvalue weighted by atomic mass is 16.5. The number of methoxy groups -OCH3 is 1. The third-order valence-corrected chi connectivity index (χ3v) is 2.72. The standard InChI is InChI=1S/C11H23NO2/c1-13-9-10-14-8-7-12-11-5-3-2-4-6-11/h11-12H,2-10H2,1H3. The zero-order valence-corrected chi connectivity index (χ0v) is 9.26. The molecule has 1 saturated carbocycles. The third kappa shape index (κ3) is 5.58. The molecule has 0 amide bonds. The lowest BCUT2D eigenvalue weighted by Crippen LogP contribution is -2.33. The van der Waals surface area contributed by atoms with E-state index in [4.69, 9.17) is 9.47 Å². The van der Waals surface area contributed by atoms with Crippen LogP contribution in [-0.4, -0.2) is 39.5 Å². The molecule has 3 nitrogen and oxygen atoms in total. The van der Waals surface area contributed by atoms with Crippen LogP contribution < -0.4 is 5.32 Å². The van der Waals surface area contributed by atoms with Crippen LogP contribution in [0, 0.1) is 0 Å². The highest BCUT2D eigenvalue weighted by Gasteiger charge is 2.11. The topological polar surface area (TPSA) is 30.5 Å². The Morgan fingerprint density at radius 3 is 2.57 bits per heavy atom. The molecule has 0 atom stereocenters. The summed E-state index contributed by atoms with van der Waals surface area (Å²) in [7, 11) is 1.70. The van der Waals surface area contributed by atoms with Crippen molar-refractivity contribution in [2.24, 2.45) is 0 Å². The maximum atomic E-state index is 5.38. The lowest BCUT2D eigenvalue weighted by Gasteiger charge is -2.22. The molecule has 0 bridgehead atoms. The summed E-state index contributed by atoms with van der Waals surface area (Å²) in [5.74, 6) is 0. The molecule has 0 heterocycles. The molecule has 1 rings (SSSR count). The van der Waals surface area contributed by atoms with Gasteiger partial charge in [0.05, 0.1) is 19.8 Å². The molecule has 1 N–H and O–H groups in total. The molecule has 0 aromatic heterocycles. The van der Waals surface area contributed by atoms with Crippen LogP contribution in [0.15, 0.2) is 0 Å². The van der Waals surface area contributed by atoms with Gasteiger partial charge in [-0.1, -0.05) is 19.3 Å². The lowest BCUT2D eigenvalue weighted by molar-refractivity contribution is 0.0705. The first-order chi connectivity index (χ1) is 6.93. The number of hydrogen-bond donors (Lipinski definition) is 1. The predicted octanol–water partition coefficient (Wildman–Crippen LogP) is 1.57. The molecule has 1 aliphatic carbocycles. The fraction of sp³-hybridized carbons (Fsp3) is 1.00. The minimum atomic E-state index is 0.698. The first-order valence-corrected chi connectivity index (χ1v) is 5.73. The summed E-state index contributed by atoms with van der Waals surface area (Å²) < 4.78 is 10.3. The van der Waals surface area contributed by atoms with Crippen molar-refractivity contribution in [1.29, 1.82) is 0 Å². The van der Waals surface area contributed by atoms with Gasteiger partial charge in [0.2, 0.25) is 0 Å². The van der Waals surface area contributed by atoms with E-state index in [-0.39, 0.29) is 0 Å². The van der Waals surface area contributed by atoms with Gasteiger partial charge >= 0.3 is 0 Å². The van der Waals surface area contributed by atoms with Gasteiger partial charge in [0, 0.05) is 19.7 Å². The fourth-order valence-corrected chi connectivity index (χ4v) is 1.89. The molecule has 84 valence electrons. The minimum Gasteiger partial charge on any atom is -0.382 e. The number of rotatable bonds is 7. The Labute approximate surface area is 87.2 Å². The molecule has 0 saturated heterocycles. The van der Waals surface area contributed by atoms with Crippen LogP contribution in [0.5, 0.6) is 0 Å². The molecule has 3 heteroatoms. The van der Waals surface area contributed by atoms with Crippen LogP contribution in [0.1, 0.15) is 32.1 Å². The van der Waals surface area contributed by atoms with E-state index in [0.29, 0.717) is 13.2 Å². The predicted molar refractivity (Wildman–Crippen MR) is 57.6 cm³/mol. The van der Waals surface area contributed by atoms with Crippen molar-refractivity contribution in [2.75, 3.05) is 33.5 Å². The maximum absolute atomic E-state index is 5.38. The average Bonchev–Trinajstić information content (AvgIpc) is 2.25. The van der Waals surface area contributed by atoms with E-state index >= 15 is 0 Å². The molecule has 1 fully saturated rings. The Balaban J connectivity index is 1.82. The molecular formula is C11H23NO2. The van der Waals surface area contributed by atoms with Gasteiger partial charge in [-0.05, 0) is 12.8 Å². The Morgan fingerprint density at radius 1 is 1.07 bits per heavy atom. The molecule has 0 aromatic carbocycles. The number of ether oxygens (including phenoxy) is 2. The van der Waals surface area contributed by atoms with Gasteiger partial charge in [-0.2, -0.15) is 0 Å². The average molecular weight is 201 g/mol. The molecular weight excluding hydrogens is 178 g/mol. The first kappa shape index (κ1) is 12.0. The van der Waals surface area contributed by atoms with Gasteiger partial charge in [-0.3, -0.25) is 0 Å². The SMILES string of the molecule is COCCOCCNC1CCCCC1. The van der Waals surface area contributed by atoms with E-state index in [0.717, 1.165) is 19.2 Å². The minimum absolute atomic E-state index is 0.698. The van der Waals surface area contributed by atoms with Gasteiger partial charge in [0.1, 0.15) is 0 Å². The van der Waals surface area contributed by atoms with Crippen molar-refractivity contribution in [3.8, 4) is 0 Å². The quantitative estimate of drug-likeness (QED) is 0.634. The van der Waals surface area contributed by atoms with Crippen molar-refractivity contribution < 1.29 is 9.47 Å². The molecule has 0 aliphatic heterocycles. The van der Waals surface area contributed by atoms with Crippen LogP contribution in [0.4, 0.5) is 0 Å². The molecule has 14 heavy (non-hydrogen) atoms. The number of nitrogens with one attached hydrogen (secondary N) is 1. The Bertz CT molecular complexity index is 124. The molecule has 0 aromatic rings. The van der Waals surface area contributed by atoms with Crippen LogP contribution in [0.2, 0.25) is 0 Å². The number of hydrogen-bond acceptors (Lipinski definition) is 3. The summed E-state index contributed by atoms with van der Waals surface area (Å²) in [5.41, 5.74) is 0. The normalized spacial score (nSPS) is 18.6. The monoisotopic (exact) mass is 201 g/mol. The van der Waals surface area contributed by atoms with Gasteiger partial charge < -0.3 is 14.8 Å². The fourth-order valence-electron chi connectivity index (χ4n) is 1.89. The summed E-state index contributed by atoms with van der Waals surface area (Å²) in [6.07, 6.45) is 6.89. The molecule has 1 aliphatic rings. The van der Waals surface area contributed by atoms with E-state index < -0.39 is 0 Å². The van der Waals surface area contributed by atoms with Gasteiger partial charge in [-0.15, -0.1) is 0 Å².